The van der Waals surface area contributed by atoms with Crippen LogP contribution < -0.4 is 0 Å². The van der Waals surface area contributed by atoms with Crippen molar-refractivity contribution in [3.05, 3.63) is 56.8 Å². The van der Waals surface area contributed by atoms with Gasteiger partial charge in [-0.3, -0.25) is 4.79 Å². The van der Waals surface area contributed by atoms with Gasteiger partial charge >= 0.3 is 6.18 Å². The molecule has 0 fully saturated rings. The monoisotopic (exact) mass is 298 g/mol. The molecular weight excluding hydrogens is 285 g/mol. The summed E-state index contributed by atoms with van der Waals surface area (Å²) in [6.45, 7) is 3.87. The Hall–Kier alpha value is -1.62. The van der Waals surface area contributed by atoms with Crippen LogP contribution in [0.1, 0.15) is 31.2 Å². The summed E-state index contributed by atoms with van der Waals surface area (Å²) in [6.07, 6.45) is -4.22. The highest BCUT2D eigenvalue weighted by Gasteiger charge is 2.30. The number of carbonyl (C=O) groups excluding carboxylic acids is 1. The van der Waals surface area contributed by atoms with Gasteiger partial charge in [-0.05, 0) is 43.2 Å². The van der Waals surface area contributed by atoms with E-state index < -0.39 is 11.7 Å². The number of thiophene rings is 1. The highest BCUT2D eigenvalue weighted by atomic mass is 32.1. The number of hydrogen-bond donors (Lipinski definition) is 0. The first-order chi connectivity index (χ1) is 9.27. The van der Waals surface area contributed by atoms with E-state index >= 15 is 0 Å². The molecule has 0 N–H and O–H groups in total. The van der Waals surface area contributed by atoms with Gasteiger partial charge < -0.3 is 0 Å². The molecule has 1 heterocycles. The summed E-state index contributed by atoms with van der Waals surface area (Å²) in [5, 5.41) is 0. The number of Topliss-reactive ketones (excluding diaryl/α,β-unsaturated/α-hetero) is 1. The number of ketones is 1. The third-order valence-electron chi connectivity index (χ3n) is 3.09. The fraction of sp³-hybridized carbons (Fsp3) is 0.267. The van der Waals surface area contributed by atoms with Crippen LogP contribution in [0.2, 0.25) is 0 Å². The average Bonchev–Trinajstić information content (AvgIpc) is 2.69. The van der Waals surface area contributed by atoms with Gasteiger partial charge in [-0.2, -0.15) is 13.2 Å². The Kier molecular flexibility index (Phi) is 3.99. The van der Waals surface area contributed by atoms with E-state index in [1.54, 1.807) is 0 Å². The first-order valence-corrected chi connectivity index (χ1v) is 6.85. The maximum absolute atomic E-state index is 12.4. The maximum Gasteiger partial charge on any atom is 0.416 e. The maximum atomic E-state index is 12.4. The van der Waals surface area contributed by atoms with Gasteiger partial charge in [0.15, 0.2) is 5.78 Å². The summed E-state index contributed by atoms with van der Waals surface area (Å²) >= 11 is 1.42. The number of benzene rings is 1. The van der Waals surface area contributed by atoms with Crippen LogP contribution in [-0.4, -0.2) is 5.78 Å². The van der Waals surface area contributed by atoms with E-state index in [1.807, 2.05) is 19.9 Å². The van der Waals surface area contributed by atoms with E-state index in [1.165, 1.54) is 23.5 Å². The second-order valence-corrected chi connectivity index (χ2v) is 5.90. The molecule has 0 aliphatic carbocycles. The van der Waals surface area contributed by atoms with Crippen LogP contribution >= 0.6 is 11.3 Å². The van der Waals surface area contributed by atoms with Crippen LogP contribution in [0.25, 0.3) is 0 Å². The molecule has 0 atom stereocenters. The summed E-state index contributed by atoms with van der Waals surface area (Å²) < 4.78 is 37.3. The highest BCUT2D eigenvalue weighted by molar-refractivity contribution is 7.14. The zero-order valence-corrected chi connectivity index (χ0v) is 11.9. The Morgan fingerprint density at radius 3 is 2.20 bits per heavy atom. The summed E-state index contributed by atoms with van der Waals surface area (Å²) in [4.78, 5) is 13.8. The van der Waals surface area contributed by atoms with Crippen molar-refractivity contribution in [3.8, 4) is 0 Å². The lowest BCUT2D eigenvalue weighted by molar-refractivity contribution is -0.137. The standard InChI is InChI=1S/C15H13F3OS/c1-9-7-14(20-10(9)2)13(19)8-11-3-5-12(6-4-11)15(16,17)18/h3-7H,8H2,1-2H3. The van der Waals surface area contributed by atoms with Crippen LogP contribution in [-0.2, 0) is 12.6 Å². The SMILES string of the molecule is Cc1cc(C(=O)Cc2ccc(C(F)(F)F)cc2)sc1C. The van der Waals surface area contributed by atoms with Gasteiger partial charge in [0.25, 0.3) is 0 Å². The smallest absolute Gasteiger partial charge is 0.293 e. The topological polar surface area (TPSA) is 17.1 Å². The van der Waals surface area contributed by atoms with Crippen molar-refractivity contribution < 1.29 is 18.0 Å². The van der Waals surface area contributed by atoms with Crippen LogP contribution in [0.4, 0.5) is 13.2 Å². The molecule has 106 valence electrons. The Balaban J connectivity index is 2.12. The molecular formula is C15H13F3OS. The quantitative estimate of drug-likeness (QED) is 0.743. The van der Waals surface area contributed by atoms with Crippen molar-refractivity contribution in [3.63, 3.8) is 0 Å². The third-order valence-corrected chi connectivity index (χ3v) is 4.28. The molecule has 0 saturated carbocycles. The van der Waals surface area contributed by atoms with Crippen LogP contribution in [0.15, 0.2) is 30.3 Å². The molecule has 2 rings (SSSR count). The van der Waals surface area contributed by atoms with E-state index in [4.69, 9.17) is 0 Å². The lowest BCUT2D eigenvalue weighted by Gasteiger charge is -2.07. The molecule has 1 aromatic heterocycles. The molecule has 0 unspecified atom stereocenters. The largest absolute Gasteiger partial charge is 0.416 e. The van der Waals surface area contributed by atoms with Crippen molar-refractivity contribution in [1.29, 1.82) is 0 Å². The minimum atomic E-state index is -4.34. The average molecular weight is 298 g/mol. The fourth-order valence-corrected chi connectivity index (χ4v) is 2.77. The molecule has 0 amide bonds. The summed E-state index contributed by atoms with van der Waals surface area (Å²) in [7, 11) is 0. The number of carbonyl (C=O) groups is 1. The number of aryl methyl sites for hydroxylation is 2. The first kappa shape index (κ1) is 14.8. The van der Waals surface area contributed by atoms with Gasteiger partial charge in [-0.25, -0.2) is 0 Å². The zero-order chi connectivity index (χ0) is 14.9. The minimum absolute atomic E-state index is 0.0639. The molecule has 0 saturated heterocycles. The molecule has 0 radical (unpaired) electrons. The van der Waals surface area contributed by atoms with Crippen molar-refractivity contribution in [1.82, 2.24) is 0 Å². The third kappa shape index (κ3) is 3.28. The minimum Gasteiger partial charge on any atom is -0.293 e. The number of hydrogen-bond acceptors (Lipinski definition) is 2. The summed E-state index contributed by atoms with van der Waals surface area (Å²) in [6, 6.07) is 6.55. The predicted octanol–water partition coefficient (Wildman–Crippen LogP) is 4.81. The Morgan fingerprint density at radius 2 is 1.75 bits per heavy atom. The van der Waals surface area contributed by atoms with Gasteiger partial charge in [-0.1, -0.05) is 12.1 Å². The Labute approximate surface area is 119 Å². The van der Waals surface area contributed by atoms with E-state index in [9.17, 15) is 18.0 Å². The number of alkyl halides is 3. The number of rotatable bonds is 3. The second-order valence-electron chi connectivity index (χ2n) is 4.64. The lowest BCUT2D eigenvalue weighted by Crippen LogP contribution is -2.06. The summed E-state index contributed by atoms with van der Waals surface area (Å²) in [5.74, 6) is -0.0639. The van der Waals surface area contributed by atoms with Crippen molar-refractivity contribution in [2.45, 2.75) is 26.4 Å². The molecule has 2 aromatic rings. The van der Waals surface area contributed by atoms with E-state index in [-0.39, 0.29) is 12.2 Å². The van der Waals surface area contributed by atoms with E-state index in [0.29, 0.717) is 10.4 Å². The molecule has 0 aliphatic rings. The number of halogens is 3. The van der Waals surface area contributed by atoms with E-state index in [0.717, 1.165) is 22.6 Å². The van der Waals surface area contributed by atoms with Crippen molar-refractivity contribution in [2.24, 2.45) is 0 Å². The van der Waals surface area contributed by atoms with E-state index in [2.05, 4.69) is 0 Å². The molecule has 1 aromatic carbocycles. The van der Waals surface area contributed by atoms with Crippen molar-refractivity contribution >= 4 is 17.1 Å². The predicted molar refractivity (Wildman–Crippen MR) is 73.3 cm³/mol. The molecule has 0 spiro atoms. The van der Waals surface area contributed by atoms with Gasteiger partial charge in [0.05, 0.1) is 10.4 Å². The molecule has 20 heavy (non-hydrogen) atoms. The van der Waals surface area contributed by atoms with Gasteiger partial charge in [0.1, 0.15) is 0 Å². The fourth-order valence-electron chi connectivity index (χ4n) is 1.79. The van der Waals surface area contributed by atoms with Gasteiger partial charge in [0, 0.05) is 11.3 Å². The normalized spacial score (nSPS) is 11.7. The molecule has 0 bridgehead atoms. The highest BCUT2D eigenvalue weighted by Crippen LogP contribution is 2.29. The zero-order valence-electron chi connectivity index (χ0n) is 11.0. The Morgan fingerprint density at radius 1 is 1.15 bits per heavy atom. The Bertz CT molecular complexity index is 604. The first-order valence-electron chi connectivity index (χ1n) is 6.04. The van der Waals surface area contributed by atoms with Gasteiger partial charge in [0.2, 0.25) is 0 Å². The van der Waals surface area contributed by atoms with Crippen LogP contribution in [0.3, 0.4) is 0 Å². The van der Waals surface area contributed by atoms with Crippen molar-refractivity contribution in [2.75, 3.05) is 0 Å². The molecule has 0 aliphatic heterocycles. The molecule has 5 heteroatoms. The molecule has 1 nitrogen and oxygen atoms in total. The second kappa shape index (κ2) is 5.40. The lowest BCUT2D eigenvalue weighted by atomic mass is 10.1. The van der Waals surface area contributed by atoms with Gasteiger partial charge in [-0.15, -0.1) is 11.3 Å². The van der Waals surface area contributed by atoms with Crippen LogP contribution in [0, 0.1) is 13.8 Å². The van der Waals surface area contributed by atoms with Crippen LogP contribution in [0.5, 0.6) is 0 Å². The summed E-state index contributed by atoms with van der Waals surface area (Å²) in [5.41, 5.74) is 0.953.